The van der Waals surface area contributed by atoms with Crippen LogP contribution in [0.2, 0.25) is 25.7 Å². The van der Waals surface area contributed by atoms with Gasteiger partial charge in [-0.15, -0.1) is 0 Å². The molecule has 0 bridgehead atoms. The first-order valence-corrected chi connectivity index (χ1v) is 13.8. The average Bonchev–Trinajstić information content (AvgIpc) is 2.79. The molecule has 26 heavy (non-hydrogen) atoms. The number of nitrogens with zero attached hydrogens (tertiary/aromatic N) is 2. The summed E-state index contributed by atoms with van der Waals surface area (Å²) in [7, 11) is -4.84. The molecule has 2 aromatic rings. The highest BCUT2D eigenvalue weighted by Crippen LogP contribution is 2.24. The molecule has 0 N–H and O–H groups in total. The van der Waals surface area contributed by atoms with Gasteiger partial charge in [-0.05, 0) is 6.04 Å². The molecule has 1 aromatic carbocycles. The maximum atomic E-state index is 14.2. The lowest BCUT2D eigenvalue weighted by Crippen LogP contribution is -2.22. The largest absolute Gasteiger partial charge is 0.360 e. The van der Waals surface area contributed by atoms with Crippen molar-refractivity contribution < 1.29 is 26.1 Å². The molecule has 0 saturated heterocycles. The summed E-state index contributed by atoms with van der Waals surface area (Å²) in [5.41, 5.74) is 0.569. The summed E-state index contributed by atoms with van der Waals surface area (Å²) in [5.74, 6) is -1.46. The van der Waals surface area contributed by atoms with Crippen molar-refractivity contribution in [2.75, 3.05) is 19.5 Å². The van der Waals surface area contributed by atoms with Crippen LogP contribution in [0.1, 0.15) is 5.69 Å². The van der Waals surface area contributed by atoms with Crippen LogP contribution in [0.5, 0.6) is 0 Å². The zero-order valence-corrected chi connectivity index (χ0v) is 17.2. The highest BCUT2D eigenvalue weighted by atomic mass is 32.2. The molecule has 0 unspecified atom stereocenters. The van der Waals surface area contributed by atoms with Crippen LogP contribution in [0.15, 0.2) is 12.1 Å². The van der Waals surface area contributed by atoms with Crippen molar-refractivity contribution >= 4 is 29.1 Å². The van der Waals surface area contributed by atoms with E-state index in [9.17, 15) is 17.2 Å². The third kappa shape index (κ3) is 6.11. The maximum Gasteiger partial charge on any atom is 0.264 e. The van der Waals surface area contributed by atoms with E-state index in [1.54, 1.807) is 0 Å². The van der Waals surface area contributed by atoms with Gasteiger partial charge in [-0.1, -0.05) is 19.6 Å². The number of hydrogen-bond donors (Lipinski definition) is 0. The number of halogens is 2. The minimum Gasteiger partial charge on any atom is -0.360 e. The van der Waals surface area contributed by atoms with E-state index in [4.69, 9.17) is 8.92 Å². The zero-order valence-electron chi connectivity index (χ0n) is 15.4. The van der Waals surface area contributed by atoms with Crippen molar-refractivity contribution in [3.8, 4) is 0 Å². The summed E-state index contributed by atoms with van der Waals surface area (Å²) < 4.78 is 61.7. The molecule has 0 fully saturated rings. The van der Waals surface area contributed by atoms with Gasteiger partial charge < -0.3 is 4.74 Å². The Morgan fingerprint density at radius 2 is 1.88 bits per heavy atom. The lowest BCUT2D eigenvalue weighted by molar-refractivity contribution is 0.0813. The van der Waals surface area contributed by atoms with Gasteiger partial charge in [0.2, 0.25) is 0 Å². The van der Waals surface area contributed by atoms with E-state index < -0.39 is 29.8 Å². The van der Waals surface area contributed by atoms with Gasteiger partial charge in [0.05, 0.1) is 29.5 Å². The zero-order chi connectivity index (χ0) is 19.5. The summed E-state index contributed by atoms with van der Waals surface area (Å²) in [6.07, 6.45) is 1.01. The molecule has 0 aliphatic heterocycles. The quantitative estimate of drug-likeness (QED) is 0.363. The fraction of sp³-hybridized carbons (Fsp3) is 0.562. The number of fused-ring (bicyclic) bond motifs is 1. The Hall–Kier alpha value is -1.36. The summed E-state index contributed by atoms with van der Waals surface area (Å²) in [5, 5.41) is 4.42. The number of aromatic nitrogens is 2. The molecular formula is C16H24F2N2O4SSi. The van der Waals surface area contributed by atoms with Crippen LogP contribution in [-0.4, -0.2) is 45.7 Å². The molecule has 0 amide bonds. The minimum atomic E-state index is -3.60. The molecule has 6 nitrogen and oxygen atoms in total. The second kappa shape index (κ2) is 8.11. The second-order valence-corrected chi connectivity index (χ2v) is 14.6. The maximum absolute atomic E-state index is 14.2. The van der Waals surface area contributed by atoms with Gasteiger partial charge in [-0.25, -0.2) is 13.5 Å². The van der Waals surface area contributed by atoms with Crippen molar-refractivity contribution in [3.05, 3.63) is 29.5 Å². The van der Waals surface area contributed by atoms with Crippen LogP contribution < -0.4 is 0 Å². The van der Waals surface area contributed by atoms with Crippen molar-refractivity contribution in [2.45, 2.75) is 38.8 Å². The monoisotopic (exact) mass is 406 g/mol. The Kier molecular flexibility index (Phi) is 6.54. The van der Waals surface area contributed by atoms with E-state index in [0.717, 1.165) is 18.4 Å². The van der Waals surface area contributed by atoms with Gasteiger partial charge in [0.25, 0.3) is 10.1 Å². The fourth-order valence-electron chi connectivity index (χ4n) is 2.39. The highest BCUT2D eigenvalue weighted by Gasteiger charge is 2.18. The molecule has 1 heterocycles. The van der Waals surface area contributed by atoms with Crippen LogP contribution >= 0.6 is 0 Å². The first kappa shape index (κ1) is 20.9. The van der Waals surface area contributed by atoms with Crippen molar-refractivity contribution in [2.24, 2.45) is 0 Å². The standard InChI is InChI=1S/C16H24F2N2O4SSi/c1-25(21,22)24-6-5-14-16-13(18)9-12(17)10-15(16)20(19-14)11-23-7-8-26(2,3)4/h9-10H,5-8,11H2,1-4H3. The molecule has 0 aliphatic carbocycles. The molecule has 0 atom stereocenters. The summed E-state index contributed by atoms with van der Waals surface area (Å²) in [6, 6.07) is 2.93. The van der Waals surface area contributed by atoms with E-state index >= 15 is 0 Å². The van der Waals surface area contributed by atoms with E-state index in [-0.39, 0.29) is 30.7 Å². The molecule has 0 aliphatic rings. The SMILES string of the molecule is C[Si](C)(C)CCOCn1nc(CCOS(C)(=O)=O)c2c(F)cc(F)cc21. The van der Waals surface area contributed by atoms with Crippen LogP contribution in [0.3, 0.4) is 0 Å². The Balaban J connectivity index is 2.20. The van der Waals surface area contributed by atoms with Gasteiger partial charge in [0, 0.05) is 33.2 Å². The molecule has 0 radical (unpaired) electrons. The third-order valence-corrected chi connectivity index (χ3v) is 5.99. The van der Waals surface area contributed by atoms with E-state index in [2.05, 4.69) is 24.7 Å². The van der Waals surface area contributed by atoms with Crippen molar-refractivity contribution in [1.29, 1.82) is 0 Å². The third-order valence-electron chi connectivity index (χ3n) is 3.69. The molecular weight excluding hydrogens is 382 g/mol. The lowest BCUT2D eigenvalue weighted by atomic mass is 10.1. The summed E-state index contributed by atoms with van der Waals surface area (Å²) >= 11 is 0. The molecule has 0 saturated carbocycles. The number of rotatable bonds is 9. The lowest BCUT2D eigenvalue weighted by Gasteiger charge is -2.15. The van der Waals surface area contributed by atoms with Crippen molar-refractivity contribution in [1.82, 2.24) is 9.78 Å². The fourth-order valence-corrected chi connectivity index (χ4v) is 3.53. The molecule has 10 heteroatoms. The van der Waals surface area contributed by atoms with Gasteiger partial charge in [-0.2, -0.15) is 13.5 Å². The van der Waals surface area contributed by atoms with Crippen LogP contribution in [-0.2, 0) is 32.2 Å². The smallest absolute Gasteiger partial charge is 0.264 e. The van der Waals surface area contributed by atoms with E-state index in [0.29, 0.717) is 12.3 Å². The van der Waals surface area contributed by atoms with Gasteiger partial charge in [-0.3, -0.25) is 4.18 Å². The highest BCUT2D eigenvalue weighted by molar-refractivity contribution is 7.85. The van der Waals surface area contributed by atoms with Crippen LogP contribution in [0, 0.1) is 11.6 Å². The van der Waals surface area contributed by atoms with Gasteiger partial charge >= 0.3 is 0 Å². The topological polar surface area (TPSA) is 70.4 Å². The molecule has 146 valence electrons. The number of benzene rings is 1. The molecule has 0 spiro atoms. The Bertz CT molecular complexity index is 878. The van der Waals surface area contributed by atoms with Crippen LogP contribution in [0.4, 0.5) is 8.78 Å². The van der Waals surface area contributed by atoms with E-state index in [1.807, 2.05) is 0 Å². The van der Waals surface area contributed by atoms with E-state index in [1.165, 1.54) is 10.7 Å². The molecule has 1 aromatic heterocycles. The Morgan fingerprint density at radius 1 is 1.19 bits per heavy atom. The average molecular weight is 407 g/mol. The predicted octanol–water partition coefficient (Wildman–Crippen LogP) is 3.15. The first-order valence-electron chi connectivity index (χ1n) is 8.23. The number of hydrogen-bond acceptors (Lipinski definition) is 5. The Labute approximate surface area is 153 Å². The van der Waals surface area contributed by atoms with Crippen LogP contribution in [0.25, 0.3) is 10.9 Å². The normalized spacial score (nSPS) is 12.8. The van der Waals surface area contributed by atoms with Gasteiger partial charge in [0.1, 0.15) is 18.4 Å². The molecule has 2 rings (SSSR count). The minimum absolute atomic E-state index is 0.0663. The predicted molar refractivity (Wildman–Crippen MR) is 98.3 cm³/mol. The van der Waals surface area contributed by atoms with Crippen molar-refractivity contribution in [3.63, 3.8) is 0 Å². The summed E-state index contributed by atoms with van der Waals surface area (Å²) in [4.78, 5) is 0. The Morgan fingerprint density at radius 3 is 2.50 bits per heavy atom. The second-order valence-electron chi connectivity index (χ2n) is 7.35. The number of ether oxygens (including phenoxy) is 1. The van der Waals surface area contributed by atoms with Gasteiger partial charge in [0.15, 0.2) is 0 Å². The summed E-state index contributed by atoms with van der Waals surface area (Å²) in [6.45, 7) is 7.12. The first-order chi connectivity index (χ1) is 12.0.